The van der Waals surface area contributed by atoms with E-state index >= 15 is 0 Å². The molecule has 1 atom stereocenters. The predicted molar refractivity (Wildman–Crippen MR) is 92.7 cm³/mol. The zero-order chi connectivity index (χ0) is 17.1. The highest BCUT2D eigenvalue weighted by Crippen LogP contribution is 2.20. The Bertz CT molecular complexity index is 812. The van der Waals surface area contributed by atoms with Gasteiger partial charge in [0.25, 0.3) is 5.89 Å². The van der Waals surface area contributed by atoms with Crippen LogP contribution in [0.15, 0.2) is 34.9 Å². The molecule has 3 heterocycles. The lowest BCUT2D eigenvalue weighted by Crippen LogP contribution is -2.30. The minimum absolute atomic E-state index is 0.566. The summed E-state index contributed by atoms with van der Waals surface area (Å²) in [5.74, 6) is 4.05. The number of aryl methyl sites for hydroxylation is 2. The van der Waals surface area contributed by atoms with Gasteiger partial charge in [0.15, 0.2) is 5.82 Å². The van der Waals surface area contributed by atoms with Gasteiger partial charge in [0.1, 0.15) is 11.6 Å². The first-order valence-corrected chi connectivity index (χ1v) is 8.83. The molecule has 0 saturated heterocycles. The van der Waals surface area contributed by atoms with Gasteiger partial charge in [-0.2, -0.15) is 4.98 Å². The highest BCUT2D eigenvalue weighted by molar-refractivity contribution is 5.51. The Kier molecular flexibility index (Phi) is 4.56. The lowest BCUT2D eigenvalue weighted by Gasteiger charge is -2.24. The molecule has 7 nitrogen and oxygen atoms in total. The van der Waals surface area contributed by atoms with Gasteiger partial charge in [0.2, 0.25) is 0 Å². The van der Waals surface area contributed by atoms with Crippen LogP contribution in [0.5, 0.6) is 0 Å². The van der Waals surface area contributed by atoms with Crippen LogP contribution >= 0.6 is 0 Å². The summed E-state index contributed by atoms with van der Waals surface area (Å²) in [6, 6.07) is 9.83. The van der Waals surface area contributed by atoms with E-state index in [1.165, 1.54) is 0 Å². The Labute approximate surface area is 146 Å². The molecule has 130 valence electrons. The summed E-state index contributed by atoms with van der Waals surface area (Å²) in [4.78, 5) is 4.45. The molecule has 4 rings (SSSR count). The quantitative estimate of drug-likeness (QED) is 0.742. The summed E-state index contributed by atoms with van der Waals surface area (Å²) in [5, 5.41) is 16.1. The van der Waals surface area contributed by atoms with E-state index < -0.39 is 0 Å². The Morgan fingerprint density at radius 2 is 2.12 bits per heavy atom. The van der Waals surface area contributed by atoms with Crippen molar-refractivity contribution in [2.75, 3.05) is 6.54 Å². The molecule has 1 aromatic carbocycles. The van der Waals surface area contributed by atoms with Crippen LogP contribution in [-0.2, 0) is 25.9 Å². The molecule has 2 aromatic heterocycles. The Morgan fingerprint density at radius 1 is 1.24 bits per heavy atom. The Balaban J connectivity index is 1.31. The molecule has 0 spiro atoms. The van der Waals surface area contributed by atoms with Crippen molar-refractivity contribution in [2.45, 2.75) is 39.3 Å². The maximum absolute atomic E-state index is 5.34. The van der Waals surface area contributed by atoms with E-state index in [2.05, 4.69) is 37.1 Å². The smallest absolute Gasteiger partial charge is 0.257 e. The van der Waals surface area contributed by atoms with Gasteiger partial charge >= 0.3 is 0 Å². The fourth-order valence-corrected chi connectivity index (χ4v) is 3.29. The number of fused-ring (bicyclic) bond motifs is 1. The molecule has 1 N–H and O–H groups in total. The van der Waals surface area contributed by atoms with Gasteiger partial charge in [-0.1, -0.05) is 30.3 Å². The molecule has 0 unspecified atom stereocenters. The van der Waals surface area contributed by atoms with Crippen molar-refractivity contribution in [1.29, 1.82) is 0 Å². The molecular weight excluding hydrogens is 316 g/mol. The van der Waals surface area contributed by atoms with Crippen LogP contribution in [-0.4, -0.2) is 31.4 Å². The van der Waals surface area contributed by atoms with Crippen molar-refractivity contribution in [3.05, 3.63) is 47.8 Å². The van der Waals surface area contributed by atoms with E-state index in [1.807, 2.05) is 30.3 Å². The topological polar surface area (TPSA) is 81.7 Å². The molecule has 0 fully saturated rings. The third-order valence-electron chi connectivity index (χ3n) is 4.64. The van der Waals surface area contributed by atoms with E-state index in [9.17, 15) is 0 Å². The number of nitrogens with zero attached hydrogens (tertiary/aromatic N) is 5. The summed E-state index contributed by atoms with van der Waals surface area (Å²) in [6.45, 7) is 4.65. The van der Waals surface area contributed by atoms with E-state index in [4.69, 9.17) is 4.52 Å². The van der Waals surface area contributed by atoms with Crippen LogP contribution in [0, 0.1) is 5.92 Å². The lowest BCUT2D eigenvalue weighted by atomic mass is 9.99. The number of nitrogens with one attached hydrogen (secondary N) is 1. The second-order valence-corrected chi connectivity index (χ2v) is 6.41. The molecule has 0 aliphatic carbocycles. The van der Waals surface area contributed by atoms with E-state index in [0.717, 1.165) is 49.6 Å². The molecule has 1 aliphatic heterocycles. The molecule has 0 bridgehead atoms. The Hall–Kier alpha value is -2.54. The lowest BCUT2D eigenvalue weighted by molar-refractivity contribution is 0.339. The average molecular weight is 338 g/mol. The SMILES string of the molecule is CCc1nnc2n1C[C@@H](CNCc1noc(-c3ccccc3)n1)CC2. The standard InChI is InChI=1S/C18H22N6O/c1-2-16-21-22-17-9-8-13(12-24(16)17)10-19-11-15-20-18(25-23-15)14-6-4-3-5-7-14/h3-7,13,19H,2,8-12H2,1H3/t13-/m1/s1. The van der Waals surface area contributed by atoms with Gasteiger partial charge in [0, 0.05) is 31.5 Å². The second kappa shape index (κ2) is 7.14. The van der Waals surface area contributed by atoms with E-state index in [0.29, 0.717) is 24.2 Å². The predicted octanol–water partition coefficient (Wildman–Crippen LogP) is 2.24. The molecule has 25 heavy (non-hydrogen) atoms. The first-order valence-electron chi connectivity index (χ1n) is 8.83. The van der Waals surface area contributed by atoms with Gasteiger partial charge in [-0.3, -0.25) is 0 Å². The summed E-state index contributed by atoms with van der Waals surface area (Å²) in [7, 11) is 0. The first kappa shape index (κ1) is 16.0. The maximum atomic E-state index is 5.34. The van der Waals surface area contributed by atoms with Gasteiger partial charge in [-0.05, 0) is 24.5 Å². The van der Waals surface area contributed by atoms with Crippen LogP contribution in [0.1, 0.15) is 30.8 Å². The third kappa shape index (κ3) is 3.46. The normalized spacial score (nSPS) is 16.8. The largest absolute Gasteiger partial charge is 0.334 e. The highest BCUT2D eigenvalue weighted by Gasteiger charge is 2.22. The summed E-state index contributed by atoms with van der Waals surface area (Å²) in [6.07, 6.45) is 3.06. The monoisotopic (exact) mass is 338 g/mol. The number of benzene rings is 1. The van der Waals surface area contributed by atoms with Gasteiger partial charge in [-0.15, -0.1) is 10.2 Å². The fourth-order valence-electron chi connectivity index (χ4n) is 3.29. The number of rotatable bonds is 6. The van der Waals surface area contributed by atoms with Crippen molar-refractivity contribution < 1.29 is 4.52 Å². The molecule has 0 saturated carbocycles. The number of hydrogen-bond donors (Lipinski definition) is 1. The average Bonchev–Trinajstić information content (AvgIpc) is 3.29. The Morgan fingerprint density at radius 3 is 2.96 bits per heavy atom. The van der Waals surface area contributed by atoms with Crippen molar-refractivity contribution >= 4 is 0 Å². The molecular formula is C18H22N6O. The second-order valence-electron chi connectivity index (χ2n) is 6.41. The van der Waals surface area contributed by atoms with Crippen LogP contribution in [0.3, 0.4) is 0 Å². The van der Waals surface area contributed by atoms with Crippen molar-refractivity contribution in [3.63, 3.8) is 0 Å². The highest BCUT2D eigenvalue weighted by atomic mass is 16.5. The van der Waals surface area contributed by atoms with Crippen LogP contribution in [0.2, 0.25) is 0 Å². The van der Waals surface area contributed by atoms with E-state index in [-0.39, 0.29) is 0 Å². The summed E-state index contributed by atoms with van der Waals surface area (Å²) < 4.78 is 7.61. The summed E-state index contributed by atoms with van der Waals surface area (Å²) >= 11 is 0. The zero-order valence-electron chi connectivity index (χ0n) is 14.4. The van der Waals surface area contributed by atoms with Crippen molar-refractivity contribution in [1.82, 2.24) is 30.2 Å². The van der Waals surface area contributed by atoms with Crippen LogP contribution < -0.4 is 5.32 Å². The number of hydrogen-bond acceptors (Lipinski definition) is 6. The van der Waals surface area contributed by atoms with Crippen molar-refractivity contribution in [3.8, 4) is 11.5 Å². The zero-order valence-corrected chi connectivity index (χ0v) is 14.4. The summed E-state index contributed by atoms with van der Waals surface area (Å²) in [5.41, 5.74) is 0.945. The molecule has 7 heteroatoms. The fraction of sp³-hybridized carbons (Fsp3) is 0.444. The number of aromatic nitrogens is 5. The first-order chi connectivity index (χ1) is 12.3. The van der Waals surface area contributed by atoms with Gasteiger partial charge in [-0.25, -0.2) is 0 Å². The maximum Gasteiger partial charge on any atom is 0.257 e. The molecule has 1 aliphatic rings. The third-order valence-corrected chi connectivity index (χ3v) is 4.64. The van der Waals surface area contributed by atoms with Gasteiger partial charge < -0.3 is 14.4 Å². The van der Waals surface area contributed by atoms with Gasteiger partial charge in [0.05, 0.1) is 6.54 Å². The van der Waals surface area contributed by atoms with Crippen LogP contribution in [0.4, 0.5) is 0 Å². The van der Waals surface area contributed by atoms with Crippen LogP contribution in [0.25, 0.3) is 11.5 Å². The molecule has 0 amide bonds. The van der Waals surface area contributed by atoms with E-state index in [1.54, 1.807) is 0 Å². The molecule has 0 radical (unpaired) electrons. The molecule has 3 aromatic rings. The van der Waals surface area contributed by atoms with Crippen molar-refractivity contribution in [2.24, 2.45) is 5.92 Å². The minimum atomic E-state index is 0.566. The minimum Gasteiger partial charge on any atom is -0.334 e.